The van der Waals surface area contributed by atoms with Crippen LogP contribution in [0.4, 0.5) is 0 Å². The molecule has 0 aromatic heterocycles. The highest BCUT2D eigenvalue weighted by Gasteiger charge is 2.15. The highest BCUT2D eigenvalue weighted by Crippen LogP contribution is 1.95. The number of nitrogens with two attached hydrogens (primary N) is 1. The lowest BCUT2D eigenvalue weighted by atomic mass is 10.2. The van der Waals surface area contributed by atoms with Gasteiger partial charge >= 0.3 is 0 Å². The minimum atomic E-state index is -0.301. The van der Waals surface area contributed by atoms with Gasteiger partial charge in [-0.3, -0.25) is 4.79 Å². The summed E-state index contributed by atoms with van der Waals surface area (Å²) in [6.07, 6.45) is 0. The van der Waals surface area contributed by atoms with Gasteiger partial charge in [-0.15, -0.1) is 0 Å². The smallest absolute Gasteiger partial charge is 0.235 e. The molecule has 12 heavy (non-hydrogen) atoms. The third kappa shape index (κ3) is 3.69. The molecule has 4 nitrogen and oxygen atoms in total. The Balaban J connectivity index is 3.94. The van der Waals surface area contributed by atoms with Crippen LogP contribution in [0.15, 0.2) is 0 Å². The van der Waals surface area contributed by atoms with Crippen LogP contribution < -0.4 is 11.1 Å². The van der Waals surface area contributed by atoms with Crippen molar-refractivity contribution in [2.45, 2.75) is 25.9 Å². The van der Waals surface area contributed by atoms with E-state index in [9.17, 15) is 4.79 Å². The molecule has 1 amide bonds. The van der Waals surface area contributed by atoms with E-state index in [0.29, 0.717) is 12.6 Å². The molecule has 1 unspecified atom stereocenters. The summed E-state index contributed by atoms with van der Waals surface area (Å²) in [4.78, 5) is 12.9. The lowest BCUT2D eigenvalue weighted by Crippen LogP contribution is -2.48. The summed E-state index contributed by atoms with van der Waals surface area (Å²) >= 11 is 0. The molecule has 4 heteroatoms. The number of primary amides is 1. The third-order valence-corrected chi connectivity index (χ3v) is 2.04. The molecule has 0 aromatic rings. The zero-order valence-corrected chi connectivity index (χ0v) is 8.29. The molecule has 0 aromatic carbocycles. The molecule has 0 heterocycles. The average Bonchev–Trinajstić information content (AvgIpc) is 1.98. The minimum absolute atomic E-state index is 0.252. The predicted octanol–water partition coefficient (Wildman–Crippen LogP) is -0.600. The maximum Gasteiger partial charge on any atom is 0.235 e. The van der Waals surface area contributed by atoms with Crippen molar-refractivity contribution in [3.63, 3.8) is 0 Å². The Morgan fingerprint density at radius 2 is 2.08 bits per heavy atom. The zero-order valence-electron chi connectivity index (χ0n) is 8.29. The van der Waals surface area contributed by atoms with Crippen LogP contribution in [0, 0.1) is 0 Å². The van der Waals surface area contributed by atoms with E-state index in [1.54, 1.807) is 7.05 Å². The van der Waals surface area contributed by atoms with Gasteiger partial charge in [-0.25, -0.2) is 0 Å². The van der Waals surface area contributed by atoms with Crippen molar-refractivity contribution in [1.82, 2.24) is 10.2 Å². The number of carbonyl (C=O) groups is 1. The number of nitrogens with zero attached hydrogens (tertiary/aromatic N) is 1. The van der Waals surface area contributed by atoms with E-state index >= 15 is 0 Å². The molecule has 0 saturated carbocycles. The molecule has 0 radical (unpaired) electrons. The van der Waals surface area contributed by atoms with E-state index in [1.165, 1.54) is 0 Å². The van der Waals surface area contributed by atoms with E-state index in [1.807, 2.05) is 7.05 Å². The summed E-state index contributed by atoms with van der Waals surface area (Å²) < 4.78 is 0. The van der Waals surface area contributed by atoms with Gasteiger partial charge in [0.25, 0.3) is 0 Å². The number of nitrogens with one attached hydrogen (secondary N) is 1. The lowest BCUT2D eigenvalue weighted by molar-refractivity contribution is -0.120. The van der Waals surface area contributed by atoms with Crippen LogP contribution >= 0.6 is 0 Å². The SMILES string of the molecule is CNC(CN(C)C(C)C)C(N)=O. The van der Waals surface area contributed by atoms with E-state index in [-0.39, 0.29) is 11.9 Å². The topological polar surface area (TPSA) is 58.4 Å². The van der Waals surface area contributed by atoms with E-state index < -0.39 is 0 Å². The quantitative estimate of drug-likeness (QED) is 0.583. The summed E-state index contributed by atoms with van der Waals surface area (Å²) in [5, 5.41) is 2.87. The number of likely N-dealkylation sites (N-methyl/N-ethyl adjacent to an activating group) is 2. The van der Waals surface area contributed by atoms with E-state index in [0.717, 1.165) is 0 Å². The van der Waals surface area contributed by atoms with Crippen LogP contribution in [0.25, 0.3) is 0 Å². The molecule has 0 saturated heterocycles. The van der Waals surface area contributed by atoms with Crippen LogP contribution in [0.5, 0.6) is 0 Å². The maximum absolute atomic E-state index is 10.8. The van der Waals surface area contributed by atoms with Crippen molar-refractivity contribution in [2.24, 2.45) is 5.73 Å². The average molecular weight is 173 g/mol. The first kappa shape index (κ1) is 11.4. The van der Waals surface area contributed by atoms with Crippen LogP contribution in [0.1, 0.15) is 13.8 Å². The summed E-state index contributed by atoms with van der Waals surface area (Å²) in [6.45, 7) is 4.81. The largest absolute Gasteiger partial charge is 0.368 e. The van der Waals surface area contributed by atoms with Crippen molar-refractivity contribution in [3.05, 3.63) is 0 Å². The second kappa shape index (κ2) is 5.11. The normalized spacial score (nSPS) is 13.8. The summed E-state index contributed by atoms with van der Waals surface area (Å²) in [6, 6.07) is 0.178. The summed E-state index contributed by atoms with van der Waals surface area (Å²) in [5.74, 6) is -0.301. The van der Waals surface area contributed by atoms with Gasteiger partial charge in [0.1, 0.15) is 0 Å². The number of amides is 1. The van der Waals surface area contributed by atoms with Crippen molar-refractivity contribution in [3.8, 4) is 0 Å². The summed E-state index contributed by atoms with van der Waals surface area (Å²) in [7, 11) is 3.71. The monoisotopic (exact) mass is 173 g/mol. The van der Waals surface area contributed by atoms with Crippen molar-refractivity contribution >= 4 is 5.91 Å². The molecule has 0 rings (SSSR count). The molecule has 0 aliphatic heterocycles. The molecule has 0 spiro atoms. The fourth-order valence-corrected chi connectivity index (χ4v) is 0.822. The Morgan fingerprint density at radius 1 is 1.58 bits per heavy atom. The number of hydrogen-bond donors (Lipinski definition) is 2. The molecule has 0 aliphatic carbocycles. The number of hydrogen-bond acceptors (Lipinski definition) is 3. The Bertz CT molecular complexity index is 147. The summed E-state index contributed by atoms with van der Waals surface area (Å²) in [5.41, 5.74) is 5.17. The van der Waals surface area contributed by atoms with Crippen molar-refractivity contribution in [1.29, 1.82) is 0 Å². The van der Waals surface area contributed by atoms with Crippen LogP contribution in [-0.4, -0.2) is 43.5 Å². The number of rotatable bonds is 5. The van der Waals surface area contributed by atoms with Crippen LogP contribution in [-0.2, 0) is 4.79 Å². The second-order valence-corrected chi connectivity index (χ2v) is 3.28. The molecule has 0 fully saturated rings. The van der Waals surface area contributed by atoms with Crippen molar-refractivity contribution < 1.29 is 4.79 Å². The first-order chi connectivity index (χ1) is 5.49. The van der Waals surface area contributed by atoms with Gasteiger partial charge in [-0.2, -0.15) is 0 Å². The molecule has 1 atom stereocenters. The zero-order chi connectivity index (χ0) is 9.72. The Labute approximate surface area is 74.1 Å². The first-order valence-corrected chi connectivity index (χ1v) is 4.15. The fourth-order valence-electron chi connectivity index (χ4n) is 0.822. The third-order valence-electron chi connectivity index (χ3n) is 2.04. The molecular formula is C8H19N3O. The number of carbonyl (C=O) groups excluding carboxylic acids is 1. The van der Waals surface area contributed by atoms with E-state index in [2.05, 4.69) is 24.1 Å². The van der Waals surface area contributed by atoms with Gasteiger partial charge < -0.3 is 16.0 Å². The van der Waals surface area contributed by atoms with Gasteiger partial charge in [0.05, 0.1) is 6.04 Å². The van der Waals surface area contributed by atoms with Gasteiger partial charge in [-0.05, 0) is 27.9 Å². The van der Waals surface area contributed by atoms with Gasteiger partial charge in [0, 0.05) is 12.6 Å². The highest BCUT2D eigenvalue weighted by molar-refractivity contribution is 5.80. The maximum atomic E-state index is 10.8. The Hall–Kier alpha value is -0.610. The Kier molecular flexibility index (Phi) is 4.85. The van der Waals surface area contributed by atoms with Crippen LogP contribution in [0.2, 0.25) is 0 Å². The van der Waals surface area contributed by atoms with E-state index in [4.69, 9.17) is 5.73 Å². The fraction of sp³-hybridized carbons (Fsp3) is 0.875. The van der Waals surface area contributed by atoms with Gasteiger partial charge in [0.2, 0.25) is 5.91 Å². The van der Waals surface area contributed by atoms with Crippen molar-refractivity contribution in [2.75, 3.05) is 20.6 Å². The Morgan fingerprint density at radius 3 is 2.33 bits per heavy atom. The lowest BCUT2D eigenvalue weighted by Gasteiger charge is -2.24. The van der Waals surface area contributed by atoms with Crippen LogP contribution in [0.3, 0.4) is 0 Å². The van der Waals surface area contributed by atoms with Gasteiger partial charge in [0.15, 0.2) is 0 Å². The second-order valence-electron chi connectivity index (χ2n) is 3.28. The van der Waals surface area contributed by atoms with Gasteiger partial charge in [-0.1, -0.05) is 0 Å². The molecule has 0 aliphatic rings. The predicted molar refractivity (Wildman–Crippen MR) is 49.8 cm³/mol. The highest BCUT2D eigenvalue weighted by atomic mass is 16.1. The standard InChI is InChI=1S/C8H19N3O/c1-6(2)11(4)5-7(10-3)8(9)12/h6-7,10H,5H2,1-4H3,(H2,9,12). The molecular weight excluding hydrogens is 154 g/mol. The first-order valence-electron chi connectivity index (χ1n) is 4.15. The molecule has 3 N–H and O–H groups in total. The molecule has 0 bridgehead atoms. The molecule has 72 valence electrons. The minimum Gasteiger partial charge on any atom is -0.368 e.